The van der Waals surface area contributed by atoms with Crippen LogP contribution in [0.1, 0.15) is 5.56 Å². The average Bonchev–Trinajstić information content (AvgIpc) is 2.67. The highest BCUT2D eigenvalue weighted by atomic mass is 127. The number of guanidine groups is 1. The van der Waals surface area contributed by atoms with Gasteiger partial charge in [-0.05, 0) is 30.2 Å². The molecule has 0 spiro atoms. The first-order chi connectivity index (χ1) is 12.3. The van der Waals surface area contributed by atoms with Crippen molar-refractivity contribution in [3.63, 3.8) is 0 Å². The summed E-state index contributed by atoms with van der Waals surface area (Å²) in [6.45, 7) is 4.46. The van der Waals surface area contributed by atoms with Crippen molar-refractivity contribution in [1.29, 1.82) is 0 Å². The van der Waals surface area contributed by atoms with Gasteiger partial charge in [-0.3, -0.25) is 4.99 Å². The Morgan fingerprint density at radius 2 is 1.65 bits per heavy atom. The van der Waals surface area contributed by atoms with Gasteiger partial charge in [-0.2, -0.15) is 0 Å². The van der Waals surface area contributed by atoms with E-state index in [1.165, 1.54) is 11.8 Å². The van der Waals surface area contributed by atoms with Crippen molar-refractivity contribution in [2.75, 3.05) is 44.7 Å². The highest BCUT2D eigenvalue weighted by Crippen LogP contribution is 2.15. The largest absolute Gasteiger partial charge is 0.368 e. The van der Waals surface area contributed by atoms with Crippen LogP contribution in [-0.4, -0.2) is 50.6 Å². The van der Waals surface area contributed by atoms with Crippen LogP contribution < -0.4 is 10.2 Å². The Morgan fingerprint density at radius 1 is 1.00 bits per heavy atom. The number of hydrogen-bond donors (Lipinski definition) is 1. The lowest BCUT2D eigenvalue weighted by atomic mass is 10.1. The van der Waals surface area contributed by atoms with Gasteiger partial charge in [0.2, 0.25) is 0 Å². The van der Waals surface area contributed by atoms with Crippen LogP contribution in [0.15, 0.2) is 59.6 Å². The van der Waals surface area contributed by atoms with Gasteiger partial charge >= 0.3 is 0 Å². The third-order valence-corrected chi connectivity index (χ3v) is 4.55. The molecule has 4 nitrogen and oxygen atoms in total. The zero-order valence-corrected chi connectivity index (χ0v) is 17.4. The second-order valence-corrected chi connectivity index (χ2v) is 6.13. The quantitative estimate of drug-likeness (QED) is 0.424. The van der Waals surface area contributed by atoms with E-state index in [9.17, 15) is 4.39 Å². The van der Waals surface area contributed by atoms with E-state index in [1.807, 2.05) is 18.2 Å². The topological polar surface area (TPSA) is 30.9 Å². The molecule has 1 aliphatic rings. The minimum absolute atomic E-state index is 0. The SMILES string of the molecule is CN=C(NCCc1ccccc1F)N1CCN(c2ccccc2)CC1.I. The van der Waals surface area contributed by atoms with Gasteiger partial charge in [0.15, 0.2) is 5.96 Å². The first kappa shape index (κ1) is 20.5. The smallest absolute Gasteiger partial charge is 0.193 e. The van der Waals surface area contributed by atoms with Crippen LogP contribution in [0.25, 0.3) is 0 Å². The summed E-state index contributed by atoms with van der Waals surface area (Å²) in [6, 6.07) is 17.4. The molecule has 3 rings (SSSR count). The van der Waals surface area contributed by atoms with Crippen LogP contribution >= 0.6 is 24.0 Å². The molecule has 0 bridgehead atoms. The zero-order chi connectivity index (χ0) is 17.5. The van der Waals surface area contributed by atoms with E-state index in [4.69, 9.17) is 0 Å². The predicted octanol–water partition coefficient (Wildman–Crippen LogP) is 3.38. The predicted molar refractivity (Wildman–Crippen MR) is 117 cm³/mol. The Bertz CT molecular complexity index is 700. The molecule has 0 aliphatic carbocycles. The van der Waals surface area contributed by atoms with Crippen LogP contribution in [-0.2, 0) is 6.42 Å². The Labute approximate surface area is 172 Å². The molecule has 0 unspecified atom stereocenters. The number of hydrogen-bond acceptors (Lipinski definition) is 2. The number of para-hydroxylation sites is 1. The number of anilines is 1. The third-order valence-electron chi connectivity index (χ3n) is 4.55. The summed E-state index contributed by atoms with van der Waals surface area (Å²) >= 11 is 0. The second-order valence-electron chi connectivity index (χ2n) is 6.13. The summed E-state index contributed by atoms with van der Waals surface area (Å²) < 4.78 is 13.7. The normalized spacial score (nSPS) is 14.8. The van der Waals surface area contributed by atoms with E-state index in [1.54, 1.807) is 13.1 Å². The van der Waals surface area contributed by atoms with Crippen molar-refractivity contribution in [1.82, 2.24) is 10.2 Å². The first-order valence-corrected chi connectivity index (χ1v) is 8.77. The number of benzene rings is 2. The number of halogens is 2. The molecule has 1 heterocycles. The first-order valence-electron chi connectivity index (χ1n) is 8.77. The van der Waals surface area contributed by atoms with Crippen LogP contribution in [0, 0.1) is 5.82 Å². The summed E-state index contributed by atoms with van der Waals surface area (Å²) in [7, 11) is 1.80. The maximum absolute atomic E-state index is 13.7. The van der Waals surface area contributed by atoms with Gasteiger partial charge < -0.3 is 15.1 Å². The van der Waals surface area contributed by atoms with Crippen LogP contribution in [0.5, 0.6) is 0 Å². The molecule has 0 amide bonds. The maximum atomic E-state index is 13.7. The lowest BCUT2D eigenvalue weighted by Crippen LogP contribution is -2.52. The van der Waals surface area contributed by atoms with Crippen LogP contribution in [0.4, 0.5) is 10.1 Å². The van der Waals surface area contributed by atoms with Crippen LogP contribution in [0.2, 0.25) is 0 Å². The van der Waals surface area contributed by atoms with Crippen molar-refractivity contribution in [3.8, 4) is 0 Å². The van der Waals surface area contributed by atoms with E-state index in [0.717, 1.165) is 37.7 Å². The van der Waals surface area contributed by atoms with Gasteiger partial charge in [-0.15, -0.1) is 24.0 Å². The van der Waals surface area contributed by atoms with Crippen LogP contribution in [0.3, 0.4) is 0 Å². The molecule has 0 atom stereocenters. The summed E-state index contributed by atoms with van der Waals surface area (Å²) in [5.74, 6) is 0.750. The lowest BCUT2D eigenvalue weighted by molar-refractivity contribution is 0.373. The Balaban J connectivity index is 0.00000243. The highest BCUT2D eigenvalue weighted by Gasteiger charge is 2.19. The molecule has 1 aliphatic heterocycles. The van der Waals surface area contributed by atoms with E-state index in [2.05, 4.69) is 44.4 Å². The fourth-order valence-corrected chi connectivity index (χ4v) is 3.16. The van der Waals surface area contributed by atoms with Gasteiger partial charge in [0.1, 0.15) is 5.82 Å². The number of nitrogens with one attached hydrogen (secondary N) is 1. The van der Waals surface area contributed by atoms with Crippen molar-refractivity contribution in [2.24, 2.45) is 4.99 Å². The molecule has 2 aromatic rings. The molecule has 0 aromatic heterocycles. The molecule has 2 aromatic carbocycles. The number of piperazine rings is 1. The molecule has 0 saturated carbocycles. The second kappa shape index (κ2) is 10.4. The molecule has 1 N–H and O–H groups in total. The molecule has 1 saturated heterocycles. The number of rotatable bonds is 4. The summed E-state index contributed by atoms with van der Waals surface area (Å²) in [5.41, 5.74) is 2.00. The lowest BCUT2D eigenvalue weighted by Gasteiger charge is -2.37. The molecule has 0 radical (unpaired) electrons. The maximum Gasteiger partial charge on any atom is 0.193 e. The summed E-state index contributed by atoms with van der Waals surface area (Å²) in [4.78, 5) is 9.04. The van der Waals surface area contributed by atoms with E-state index in [0.29, 0.717) is 13.0 Å². The minimum atomic E-state index is -0.143. The average molecular weight is 468 g/mol. The summed E-state index contributed by atoms with van der Waals surface area (Å²) in [5, 5.41) is 3.36. The summed E-state index contributed by atoms with van der Waals surface area (Å²) in [6.07, 6.45) is 0.648. The molecule has 6 heteroatoms. The minimum Gasteiger partial charge on any atom is -0.368 e. The van der Waals surface area contributed by atoms with E-state index < -0.39 is 0 Å². The molecular weight excluding hydrogens is 442 g/mol. The Morgan fingerprint density at radius 3 is 2.31 bits per heavy atom. The van der Waals surface area contributed by atoms with Crippen molar-refractivity contribution >= 4 is 35.6 Å². The Hall–Kier alpha value is -1.83. The monoisotopic (exact) mass is 468 g/mol. The third kappa shape index (κ3) is 5.33. The van der Waals surface area contributed by atoms with Gasteiger partial charge in [0.25, 0.3) is 0 Å². The molecule has 140 valence electrons. The fourth-order valence-electron chi connectivity index (χ4n) is 3.16. The van der Waals surface area contributed by atoms with Gasteiger partial charge in [-0.25, -0.2) is 4.39 Å². The van der Waals surface area contributed by atoms with E-state index >= 15 is 0 Å². The highest BCUT2D eigenvalue weighted by molar-refractivity contribution is 14.0. The Kier molecular flexibility index (Phi) is 8.15. The molecule has 1 fully saturated rings. The van der Waals surface area contributed by atoms with Crippen molar-refractivity contribution < 1.29 is 4.39 Å². The number of nitrogens with zero attached hydrogens (tertiary/aromatic N) is 3. The van der Waals surface area contributed by atoms with E-state index in [-0.39, 0.29) is 29.8 Å². The molecule has 26 heavy (non-hydrogen) atoms. The van der Waals surface area contributed by atoms with Gasteiger partial charge in [0.05, 0.1) is 0 Å². The van der Waals surface area contributed by atoms with Crippen molar-refractivity contribution in [3.05, 3.63) is 66.0 Å². The molecular formula is C20H26FIN4. The fraction of sp³-hybridized carbons (Fsp3) is 0.350. The zero-order valence-electron chi connectivity index (χ0n) is 15.1. The standard InChI is InChI=1S/C20H25FN4.HI/c1-22-20(23-12-11-17-7-5-6-10-19(17)21)25-15-13-24(14-16-25)18-8-3-2-4-9-18;/h2-10H,11-16H2,1H3,(H,22,23);1H. The van der Waals surface area contributed by atoms with Gasteiger partial charge in [0, 0.05) is 45.5 Å². The van der Waals surface area contributed by atoms with Gasteiger partial charge in [-0.1, -0.05) is 36.4 Å². The van der Waals surface area contributed by atoms with Crippen molar-refractivity contribution in [2.45, 2.75) is 6.42 Å². The number of aliphatic imine (C=N–C) groups is 1.